The zero-order valence-corrected chi connectivity index (χ0v) is 12.5. The maximum absolute atomic E-state index is 9.34. The maximum atomic E-state index is 9.34. The van der Waals surface area contributed by atoms with Gasteiger partial charge in [0.25, 0.3) is 0 Å². The summed E-state index contributed by atoms with van der Waals surface area (Å²) in [5.74, 6) is 0.801. The Hall–Kier alpha value is -2.01. The molecule has 3 rings (SSSR count). The molecule has 1 aliphatic carbocycles. The molecule has 2 aromatic rings. The molecule has 0 bridgehead atoms. The van der Waals surface area contributed by atoms with Gasteiger partial charge in [-0.15, -0.1) is 0 Å². The van der Waals surface area contributed by atoms with E-state index in [2.05, 4.69) is 41.0 Å². The molecule has 1 heterocycles. The van der Waals surface area contributed by atoms with Crippen LogP contribution in [0.25, 0.3) is 0 Å². The fourth-order valence-electron chi connectivity index (χ4n) is 3.43. The van der Waals surface area contributed by atoms with Gasteiger partial charge in [-0.2, -0.15) is 5.26 Å². The van der Waals surface area contributed by atoms with Gasteiger partial charge in [0.1, 0.15) is 11.8 Å². The lowest BCUT2D eigenvalue weighted by atomic mass is 9.86. The molecular formula is C19H22N2. The lowest BCUT2D eigenvalue weighted by Gasteiger charge is -2.22. The normalized spacial score (nSPS) is 15.8. The van der Waals surface area contributed by atoms with Crippen LogP contribution in [0.3, 0.4) is 0 Å². The minimum atomic E-state index is 0.782. The van der Waals surface area contributed by atoms with E-state index in [0.717, 1.165) is 24.6 Å². The van der Waals surface area contributed by atoms with Crippen LogP contribution in [0, 0.1) is 17.2 Å². The van der Waals surface area contributed by atoms with Gasteiger partial charge < -0.3 is 4.57 Å². The summed E-state index contributed by atoms with van der Waals surface area (Å²) in [4.78, 5) is 0. The molecule has 1 saturated carbocycles. The Morgan fingerprint density at radius 2 is 1.76 bits per heavy atom. The molecular weight excluding hydrogens is 256 g/mol. The van der Waals surface area contributed by atoms with Crippen molar-refractivity contribution in [2.24, 2.45) is 5.92 Å². The summed E-state index contributed by atoms with van der Waals surface area (Å²) in [6.07, 6.45) is 7.95. The van der Waals surface area contributed by atoms with Crippen LogP contribution < -0.4 is 0 Å². The highest BCUT2D eigenvalue weighted by Gasteiger charge is 2.17. The quantitative estimate of drug-likeness (QED) is 0.807. The number of nitriles is 1. The van der Waals surface area contributed by atoms with Gasteiger partial charge in [0, 0.05) is 12.2 Å². The zero-order chi connectivity index (χ0) is 14.5. The van der Waals surface area contributed by atoms with Crippen molar-refractivity contribution in [2.75, 3.05) is 0 Å². The highest BCUT2D eigenvalue weighted by molar-refractivity contribution is 5.29. The largest absolute Gasteiger partial charge is 0.332 e. The topological polar surface area (TPSA) is 28.7 Å². The minimum absolute atomic E-state index is 0.782. The second-order valence-corrected chi connectivity index (χ2v) is 6.10. The monoisotopic (exact) mass is 278 g/mol. The van der Waals surface area contributed by atoms with Crippen LogP contribution in [0.4, 0.5) is 0 Å². The Bertz CT molecular complexity index is 613. The van der Waals surface area contributed by atoms with Gasteiger partial charge in [0.05, 0.1) is 0 Å². The molecule has 2 heteroatoms. The molecule has 2 nitrogen and oxygen atoms in total. The number of nitrogens with zero attached hydrogens (tertiary/aromatic N) is 2. The van der Waals surface area contributed by atoms with Crippen LogP contribution in [0.1, 0.15) is 49.1 Å². The van der Waals surface area contributed by atoms with Crippen molar-refractivity contribution in [3.63, 3.8) is 0 Å². The van der Waals surface area contributed by atoms with Crippen LogP contribution in [0.5, 0.6) is 0 Å². The van der Waals surface area contributed by atoms with Gasteiger partial charge in [0.2, 0.25) is 0 Å². The third-order valence-corrected chi connectivity index (χ3v) is 4.59. The van der Waals surface area contributed by atoms with Crippen LogP contribution in [0.15, 0.2) is 42.5 Å². The zero-order valence-electron chi connectivity index (χ0n) is 12.5. The first-order valence-electron chi connectivity index (χ1n) is 7.99. The van der Waals surface area contributed by atoms with Gasteiger partial charge in [-0.25, -0.2) is 0 Å². The molecule has 0 atom stereocenters. The first-order chi connectivity index (χ1) is 10.4. The summed E-state index contributed by atoms with van der Waals surface area (Å²) in [6.45, 7) is 0.804. The number of rotatable bonds is 4. The summed E-state index contributed by atoms with van der Waals surface area (Å²) >= 11 is 0. The van der Waals surface area contributed by atoms with Crippen LogP contribution >= 0.6 is 0 Å². The lowest BCUT2D eigenvalue weighted by molar-refractivity contribution is 0.351. The minimum Gasteiger partial charge on any atom is -0.332 e. The molecule has 1 fully saturated rings. The first kappa shape index (κ1) is 13.9. The molecule has 0 radical (unpaired) electrons. The van der Waals surface area contributed by atoms with Crippen molar-refractivity contribution in [3.05, 3.63) is 59.4 Å². The predicted molar refractivity (Wildman–Crippen MR) is 85.0 cm³/mol. The van der Waals surface area contributed by atoms with E-state index < -0.39 is 0 Å². The molecule has 0 N–H and O–H groups in total. The summed E-state index contributed by atoms with van der Waals surface area (Å²) in [7, 11) is 0. The molecule has 108 valence electrons. The second-order valence-electron chi connectivity index (χ2n) is 6.10. The van der Waals surface area contributed by atoms with Crippen LogP contribution in [0.2, 0.25) is 0 Å². The van der Waals surface area contributed by atoms with Crippen molar-refractivity contribution >= 4 is 0 Å². The van der Waals surface area contributed by atoms with Gasteiger partial charge in [0.15, 0.2) is 0 Å². The van der Waals surface area contributed by atoms with Gasteiger partial charge >= 0.3 is 0 Å². The van der Waals surface area contributed by atoms with Crippen LogP contribution in [-0.4, -0.2) is 4.57 Å². The average Bonchev–Trinajstić information content (AvgIpc) is 2.91. The maximum Gasteiger partial charge on any atom is 0.120 e. The van der Waals surface area contributed by atoms with E-state index in [4.69, 9.17) is 0 Å². The second kappa shape index (κ2) is 6.63. The Labute approximate surface area is 127 Å². The average molecular weight is 278 g/mol. The van der Waals surface area contributed by atoms with Gasteiger partial charge in [-0.1, -0.05) is 62.4 Å². The molecule has 0 aliphatic heterocycles. The number of hydrogen-bond acceptors (Lipinski definition) is 1. The summed E-state index contributed by atoms with van der Waals surface area (Å²) in [5, 5.41) is 9.34. The molecule has 1 aromatic carbocycles. The molecule has 21 heavy (non-hydrogen) atoms. The van der Waals surface area contributed by atoms with Gasteiger partial charge in [-0.3, -0.25) is 0 Å². The van der Waals surface area contributed by atoms with E-state index in [1.54, 1.807) is 0 Å². The first-order valence-corrected chi connectivity index (χ1v) is 7.99. The van der Waals surface area contributed by atoms with Crippen molar-refractivity contribution in [1.82, 2.24) is 4.57 Å². The van der Waals surface area contributed by atoms with E-state index >= 15 is 0 Å². The highest BCUT2D eigenvalue weighted by atomic mass is 15.0. The van der Waals surface area contributed by atoms with Crippen LogP contribution in [-0.2, 0) is 13.0 Å². The van der Waals surface area contributed by atoms with Crippen molar-refractivity contribution < 1.29 is 0 Å². The van der Waals surface area contributed by atoms with Crippen molar-refractivity contribution in [3.8, 4) is 6.07 Å². The van der Waals surface area contributed by atoms with E-state index in [-0.39, 0.29) is 0 Å². The number of aromatic nitrogens is 1. The summed E-state index contributed by atoms with van der Waals surface area (Å²) in [5.41, 5.74) is 3.36. The number of hydrogen-bond donors (Lipinski definition) is 0. The Balaban J connectivity index is 1.80. The summed E-state index contributed by atoms with van der Waals surface area (Å²) in [6, 6.07) is 16.9. The predicted octanol–water partition coefficient (Wildman–Crippen LogP) is 4.53. The standard InChI is InChI=1S/C19H22N2/c20-14-19-12-11-18(13-16-7-3-1-4-8-16)21(19)15-17-9-5-2-6-10-17/h2,5-6,9-12,16H,1,3-4,7-8,13,15H2. The Morgan fingerprint density at radius 1 is 1.00 bits per heavy atom. The Kier molecular flexibility index (Phi) is 4.40. The highest BCUT2D eigenvalue weighted by Crippen LogP contribution is 2.27. The van der Waals surface area contributed by atoms with E-state index in [1.807, 2.05) is 12.1 Å². The number of benzene rings is 1. The summed E-state index contributed by atoms with van der Waals surface area (Å²) < 4.78 is 2.20. The molecule has 1 aromatic heterocycles. The van der Waals surface area contributed by atoms with Crippen molar-refractivity contribution in [2.45, 2.75) is 45.1 Å². The van der Waals surface area contributed by atoms with Gasteiger partial charge in [-0.05, 0) is 30.0 Å². The SMILES string of the molecule is N#Cc1ccc(CC2CCCCC2)n1Cc1ccccc1. The fourth-order valence-corrected chi connectivity index (χ4v) is 3.43. The molecule has 0 spiro atoms. The van der Waals surface area contributed by atoms with E-state index in [1.165, 1.54) is 43.4 Å². The van der Waals surface area contributed by atoms with Crippen molar-refractivity contribution in [1.29, 1.82) is 5.26 Å². The fraction of sp³-hybridized carbons (Fsp3) is 0.421. The van der Waals surface area contributed by atoms with E-state index in [0.29, 0.717) is 0 Å². The molecule has 0 amide bonds. The third kappa shape index (κ3) is 3.36. The molecule has 1 aliphatic rings. The smallest absolute Gasteiger partial charge is 0.120 e. The lowest BCUT2D eigenvalue weighted by Crippen LogP contribution is -2.14. The third-order valence-electron chi connectivity index (χ3n) is 4.59. The molecule has 0 saturated heterocycles. The van der Waals surface area contributed by atoms with E-state index in [9.17, 15) is 5.26 Å². The molecule has 0 unspecified atom stereocenters. The Morgan fingerprint density at radius 3 is 2.48 bits per heavy atom.